The van der Waals surface area contributed by atoms with Crippen molar-refractivity contribution in [1.82, 2.24) is 14.5 Å². The molecule has 4 heterocycles. The van der Waals surface area contributed by atoms with Crippen LogP contribution in [0, 0.1) is 0 Å². The van der Waals surface area contributed by atoms with E-state index in [0.29, 0.717) is 60.7 Å². The quantitative estimate of drug-likeness (QED) is 0.494. The molecule has 0 radical (unpaired) electrons. The Kier molecular flexibility index (Phi) is 5.98. The summed E-state index contributed by atoms with van der Waals surface area (Å²) in [7, 11) is 1.65. The van der Waals surface area contributed by atoms with Crippen LogP contribution in [0.3, 0.4) is 0 Å². The molecule has 0 N–H and O–H groups in total. The Hall–Kier alpha value is -3.72. The zero-order chi connectivity index (χ0) is 26.6. The fourth-order valence-corrected chi connectivity index (χ4v) is 5.52. The largest absolute Gasteiger partial charge is 0.493 e. The summed E-state index contributed by atoms with van der Waals surface area (Å²) in [6.45, 7) is 9.68. The monoisotopic (exact) mass is 519 g/mol. The van der Waals surface area contributed by atoms with Crippen molar-refractivity contribution in [3.8, 4) is 40.1 Å². The van der Waals surface area contributed by atoms with E-state index in [-0.39, 0.29) is 18.8 Å². The number of carbonyl (C=O) groups excluding carboxylic acids is 1. The van der Waals surface area contributed by atoms with E-state index < -0.39 is 5.54 Å². The van der Waals surface area contributed by atoms with Crippen molar-refractivity contribution in [2.75, 3.05) is 33.7 Å². The third-order valence-electron chi connectivity index (χ3n) is 7.30. The minimum absolute atomic E-state index is 0.0316. The second kappa shape index (κ2) is 9.23. The number of para-hydroxylation sites is 1. The lowest BCUT2D eigenvalue weighted by Gasteiger charge is -2.41. The van der Waals surface area contributed by atoms with E-state index in [1.807, 2.05) is 62.9 Å². The number of imidazole rings is 1. The number of methoxy groups -OCH3 is 1. The molecule has 38 heavy (non-hydrogen) atoms. The van der Waals surface area contributed by atoms with Crippen molar-refractivity contribution in [3.63, 3.8) is 0 Å². The minimum Gasteiger partial charge on any atom is -0.493 e. The third-order valence-corrected chi connectivity index (χ3v) is 7.30. The Labute approximate surface area is 222 Å². The molecule has 0 saturated carbocycles. The molecular weight excluding hydrogens is 486 g/mol. The minimum atomic E-state index is -0.435. The van der Waals surface area contributed by atoms with Gasteiger partial charge in [0.15, 0.2) is 28.7 Å². The second-order valence-corrected chi connectivity index (χ2v) is 10.7. The summed E-state index contributed by atoms with van der Waals surface area (Å²) in [5, 5.41) is 0. The molecule has 3 aliphatic rings. The van der Waals surface area contributed by atoms with Gasteiger partial charge in [-0.1, -0.05) is 6.07 Å². The highest BCUT2D eigenvalue weighted by Crippen LogP contribution is 2.45. The maximum absolute atomic E-state index is 14.1. The lowest BCUT2D eigenvalue weighted by Crippen LogP contribution is -2.55. The van der Waals surface area contributed by atoms with Gasteiger partial charge in [-0.05, 0) is 64.3 Å². The lowest BCUT2D eigenvalue weighted by atomic mass is 9.98. The Morgan fingerprint density at radius 3 is 2.74 bits per heavy atom. The number of hydrogen-bond donors (Lipinski definition) is 0. The second-order valence-electron chi connectivity index (χ2n) is 10.7. The Morgan fingerprint density at radius 1 is 1.13 bits per heavy atom. The predicted octanol–water partition coefficient (Wildman–Crippen LogP) is 4.41. The van der Waals surface area contributed by atoms with Crippen LogP contribution in [0.25, 0.3) is 17.1 Å². The molecule has 1 amide bonds. The summed E-state index contributed by atoms with van der Waals surface area (Å²) >= 11 is 0. The summed E-state index contributed by atoms with van der Waals surface area (Å²) in [6.07, 6.45) is 1.38. The first-order valence-corrected chi connectivity index (χ1v) is 13.1. The highest BCUT2D eigenvalue weighted by Gasteiger charge is 2.39. The maximum Gasteiger partial charge on any atom is 0.274 e. The highest BCUT2D eigenvalue weighted by molar-refractivity contribution is 5.95. The molecule has 9 heteroatoms. The average molecular weight is 520 g/mol. The Balaban J connectivity index is 1.57. The van der Waals surface area contributed by atoms with Crippen molar-refractivity contribution in [1.29, 1.82) is 0 Å². The van der Waals surface area contributed by atoms with Gasteiger partial charge in [-0.25, -0.2) is 4.98 Å². The zero-order valence-electron chi connectivity index (χ0n) is 22.5. The maximum atomic E-state index is 14.1. The van der Waals surface area contributed by atoms with Gasteiger partial charge >= 0.3 is 0 Å². The molecule has 9 nitrogen and oxygen atoms in total. The van der Waals surface area contributed by atoms with E-state index in [4.69, 9.17) is 28.7 Å². The van der Waals surface area contributed by atoms with E-state index in [9.17, 15) is 4.79 Å². The van der Waals surface area contributed by atoms with E-state index in [0.717, 1.165) is 28.9 Å². The molecule has 1 saturated heterocycles. The van der Waals surface area contributed by atoms with Crippen LogP contribution in [0.4, 0.5) is 0 Å². The number of hydrogen-bond acceptors (Lipinski definition) is 7. The Morgan fingerprint density at radius 2 is 1.97 bits per heavy atom. The summed E-state index contributed by atoms with van der Waals surface area (Å²) in [5.74, 6) is 3.18. The number of fused-ring (bicyclic) bond motifs is 4. The summed E-state index contributed by atoms with van der Waals surface area (Å²) in [5.41, 5.74) is 3.68. The standard InChI is InChI=1S/C29H33N3O6/c1-17(2)38-24-14-21-18(13-23(24)34-5)9-10-20-25(28(33)31-11-12-35-15-29(31,3)4)30-27(32(20)21)19-7-6-8-22-26(19)37-16-36-22/h6-8,13-14,17H,9-12,15-16H2,1-5H3. The van der Waals surface area contributed by atoms with Gasteiger partial charge in [0.1, 0.15) is 5.82 Å². The number of amides is 1. The molecule has 0 spiro atoms. The number of nitrogens with zero attached hydrogens (tertiary/aromatic N) is 3. The van der Waals surface area contributed by atoms with Gasteiger partial charge in [0.05, 0.1) is 48.9 Å². The zero-order valence-corrected chi connectivity index (χ0v) is 22.5. The van der Waals surface area contributed by atoms with Crippen LogP contribution in [0.2, 0.25) is 0 Å². The summed E-state index contributed by atoms with van der Waals surface area (Å²) in [6, 6.07) is 9.78. The molecular formula is C29H33N3O6. The van der Waals surface area contributed by atoms with Gasteiger partial charge in [-0.3, -0.25) is 9.36 Å². The van der Waals surface area contributed by atoms with Crippen LogP contribution >= 0.6 is 0 Å². The van der Waals surface area contributed by atoms with Crippen LogP contribution in [-0.4, -0.2) is 65.7 Å². The molecule has 3 aliphatic heterocycles. The van der Waals surface area contributed by atoms with Gasteiger partial charge in [-0.15, -0.1) is 0 Å². The molecule has 3 aromatic rings. The van der Waals surface area contributed by atoms with E-state index in [1.165, 1.54) is 0 Å². The van der Waals surface area contributed by atoms with Crippen LogP contribution < -0.4 is 18.9 Å². The van der Waals surface area contributed by atoms with Crippen molar-refractivity contribution in [3.05, 3.63) is 47.3 Å². The van der Waals surface area contributed by atoms with E-state index in [1.54, 1.807) is 7.11 Å². The Bertz CT molecular complexity index is 1410. The van der Waals surface area contributed by atoms with Crippen molar-refractivity contribution < 1.29 is 28.5 Å². The SMILES string of the molecule is COc1cc2c(cc1OC(C)C)-n1c(-c3cccc4c3OCO4)nc(C(=O)N3CCOCC3(C)C)c1CC2. The summed E-state index contributed by atoms with van der Waals surface area (Å²) in [4.78, 5) is 21.0. The fraction of sp³-hybridized carbons (Fsp3) is 0.448. The van der Waals surface area contributed by atoms with Crippen molar-refractivity contribution in [2.24, 2.45) is 0 Å². The van der Waals surface area contributed by atoms with Gasteiger partial charge in [0.2, 0.25) is 6.79 Å². The predicted molar refractivity (Wildman–Crippen MR) is 141 cm³/mol. The molecule has 0 bridgehead atoms. The van der Waals surface area contributed by atoms with Gasteiger partial charge in [0, 0.05) is 12.6 Å². The number of ether oxygens (including phenoxy) is 5. The smallest absolute Gasteiger partial charge is 0.274 e. The number of aromatic nitrogens is 2. The highest BCUT2D eigenvalue weighted by atomic mass is 16.7. The van der Waals surface area contributed by atoms with Gasteiger partial charge in [0.25, 0.3) is 5.91 Å². The number of aryl methyl sites for hydroxylation is 1. The van der Waals surface area contributed by atoms with Gasteiger partial charge in [-0.2, -0.15) is 0 Å². The first kappa shape index (κ1) is 24.6. The number of carbonyl (C=O) groups is 1. The molecule has 6 rings (SSSR count). The molecule has 2 aromatic carbocycles. The lowest BCUT2D eigenvalue weighted by molar-refractivity contribution is -0.0373. The number of rotatable bonds is 5. The van der Waals surface area contributed by atoms with Crippen molar-refractivity contribution in [2.45, 2.75) is 52.2 Å². The first-order chi connectivity index (χ1) is 18.3. The molecule has 1 aromatic heterocycles. The van der Waals surface area contributed by atoms with E-state index >= 15 is 0 Å². The molecule has 0 aliphatic carbocycles. The third kappa shape index (κ3) is 3.96. The average Bonchev–Trinajstić information content (AvgIpc) is 3.52. The van der Waals surface area contributed by atoms with Crippen LogP contribution in [0.1, 0.15) is 49.4 Å². The molecule has 200 valence electrons. The first-order valence-electron chi connectivity index (χ1n) is 13.1. The molecule has 0 unspecified atom stereocenters. The number of morpholine rings is 1. The van der Waals surface area contributed by atoms with Crippen LogP contribution in [-0.2, 0) is 17.6 Å². The van der Waals surface area contributed by atoms with E-state index in [2.05, 4.69) is 4.57 Å². The topological polar surface area (TPSA) is 84.3 Å². The number of benzene rings is 2. The molecule has 0 atom stereocenters. The van der Waals surface area contributed by atoms with Crippen LogP contribution in [0.5, 0.6) is 23.0 Å². The normalized spacial score (nSPS) is 17.3. The fourth-order valence-electron chi connectivity index (χ4n) is 5.52. The van der Waals surface area contributed by atoms with Crippen molar-refractivity contribution >= 4 is 5.91 Å². The van der Waals surface area contributed by atoms with Gasteiger partial charge < -0.3 is 28.6 Å². The summed E-state index contributed by atoms with van der Waals surface area (Å²) < 4.78 is 31.1. The molecule has 1 fully saturated rings. The van der Waals surface area contributed by atoms with Crippen LogP contribution in [0.15, 0.2) is 30.3 Å².